The average Bonchev–Trinajstić information content (AvgIpc) is 2.85. The predicted molar refractivity (Wildman–Crippen MR) is 131 cm³/mol. The summed E-state index contributed by atoms with van der Waals surface area (Å²) in [5, 5.41) is 6.37. The van der Waals surface area contributed by atoms with Gasteiger partial charge in [-0.3, -0.25) is 9.59 Å². The fraction of sp³-hybridized carbons (Fsp3) is 0.231. The van der Waals surface area contributed by atoms with Crippen molar-refractivity contribution in [1.82, 2.24) is 5.32 Å². The fourth-order valence-electron chi connectivity index (χ4n) is 3.86. The highest BCUT2D eigenvalue weighted by Gasteiger charge is 2.22. The smallest absolute Gasteiger partial charge is 0.253 e. The van der Waals surface area contributed by atoms with Gasteiger partial charge in [0.1, 0.15) is 0 Å². The maximum Gasteiger partial charge on any atom is 0.253 e. The number of anilines is 2. The Bertz CT molecular complexity index is 1100. The number of carbonyl (C=O) groups excluding carboxylic acids is 2. The van der Waals surface area contributed by atoms with Gasteiger partial charge in [-0.2, -0.15) is 0 Å². The number of nitrogens with zero attached hydrogens (tertiary/aromatic N) is 1. The summed E-state index contributed by atoms with van der Waals surface area (Å²) in [6, 6.07) is 23.6. The summed E-state index contributed by atoms with van der Waals surface area (Å²) in [5.74, 6) is -0.514. The number of nitrogens with one attached hydrogen (secondary N) is 2. The molecule has 6 nitrogen and oxygen atoms in total. The fourth-order valence-corrected chi connectivity index (χ4v) is 4.09. The molecule has 33 heavy (non-hydrogen) atoms. The molecule has 0 aromatic heterocycles. The van der Waals surface area contributed by atoms with Crippen LogP contribution in [0.15, 0.2) is 78.9 Å². The first-order chi connectivity index (χ1) is 16.1. The van der Waals surface area contributed by atoms with E-state index in [0.717, 1.165) is 30.0 Å². The first kappa shape index (κ1) is 22.8. The van der Waals surface area contributed by atoms with Gasteiger partial charge in [0.2, 0.25) is 5.91 Å². The van der Waals surface area contributed by atoms with Crippen molar-refractivity contribution in [1.29, 1.82) is 0 Å². The van der Waals surface area contributed by atoms with Gasteiger partial charge in [0.15, 0.2) is 0 Å². The van der Waals surface area contributed by atoms with E-state index in [1.807, 2.05) is 54.6 Å². The molecule has 3 aromatic rings. The van der Waals surface area contributed by atoms with Crippen molar-refractivity contribution in [2.75, 3.05) is 36.5 Å². The van der Waals surface area contributed by atoms with Crippen LogP contribution in [0.3, 0.4) is 0 Å². The van der Waals surface area contributed by atoms with Crippen molar-refractivity contribution in [3.05, 3.63) is 95.0 Å². The Morgan fingerprint density at radius 2 is 1.58 bits per heavy atom. The Labute approximate surface area is 198 Å². The minimum absolute atomic E-state index is 0.0810. The first-order valence-electron chi connectivity index (χ1n) is 10.9. The average molecular weight is 464 g/mol. The third kappa shape index (κ3) is 5.92. The lowest BCUT2D eigenvalue weighted by Crippen LogP contribution is -2.37. The van der Waals surface area contributed by atoms with Gasteiger partial charge in [0.25, 0.3) is 5.91 Å². The quantitative estimate of drug-likeness (QED) is 0.534. The zero-order chi connectivity index (χ0) is 23.0. The third-order valence-corrected chi connectivity index (χ3v) is 5.87. The predicted octanol–water partition coefficient (Wildman–Crippen LogP) is 4.68. The molecule has 1 atom stereocenters. The maximum atomic E-state index is 13.1. The normalized spacial score (nSPS) is 14.4. The monoisotopic (exact) mass is 463 g/mol. The Morgan fingerprint density at radius 3 is 2.33 bits per heavy atom. The molecule has 0 radical (unpaired) electrons. The van der Waals surface area contributed by atoms with E-state index < -0.39 is 6.04 Å². The van der Waals surface area contributed by atoms with Gasteiger partial charge in [-0.25, -0.2) is 0 Å². The highest BCUT2D eigenvalue weighted by Crippen LogP contribution is 2.27. The molecule has 2 amide bonds. The zero-order valence-electron chi connectivity index (χ0n) is 18.2. The summed E-state index contributed by atoms with van der Waals surface area (Å²) in [6.07, 6.45) is 0.0810. The number of morpholine rings is 1. The Hall–Kier alpha value is -3.35. The van der Waals surface area contributed by atoms with E-state index in [1.165, 1.54) is 0 Å². The molecular weight excluding hydrogens is 438 g/mol. The summed E-state index contributed by atoms with van der Waals surface area (Å²) in [7, 11) is 0. The van der Waals surface area contributed by atoms with Gasteiger partial charge < -0.3 is 20.3 Å². The van der Waals surface area contributed by atoms with Gasteiger partial charge in [-0.15, -0.1) is 0 Å². The van der Waals surface area contributed by atoms with E-state index in [1.54, 1.807) is 24.3 Å². The molecule has 0 unspecified atom stereocenters. The van der Waals surface area contributed by atoms with E-state index in [9.17, 15) is 9.59 Å². The zero-order valence-corrected chi connectivity index (χ0v) is 18.9. The Balaban J connectivity index is 1.51. The van der Waals surface area contributed by atoms with E-state index in [0.29, 0.717) is 23.8 Å². The molecule has 1 saturated heterocycles. The molecule has 1 fully saturated rings. The molecule has 7 heteroatoms. The number of hydrogen-bond acceptors (Lipinski definition) is 4. The largest absolute Gasteiger partial charge is 0.378 e. The molecule has 1 aliphatic rings. The van der Waals surface area contributed by atoms with E-state index >= 15 is 0 Å². The maximum absolute atomic E-state index is 13.1. The lowest BCUT2D eigenvalue weighted by molar-refractivity contribution is -0.116. The highest BCUT2D eigenvalue weighted by atomic mass is 35.5. The number of benzene rings is 3. The lowest BCUT2D eigenvalue weighted by atomic mass is 10.0. The van der Waals surface area contributed by atoms with Crippen molar-refractivity contribution in [3.63, 3.8) is 0 Å². The van der Waals surface area contributed by atoms with Crippen molar-refractivity contribution in [3.8, 4) is 0 Å². The van der Waals surface area contributed by atoms with Gasteiger partial charge in [-0.05, 0) is 29.8 Å². The molecule has 1 heterocycles. The van der Waals surface area contributed by atoms with Crippen LogP contribution in [0, 0.1) is 0 Å². The van der Waals surface area contributed by atoms with Crippen molar-refractivity contribution < 1.29 is 14.3 Å². The second-order valence-electron chi connectivity index (χ2n) is 7.79. The van der Waals surface area contributed by atoms with Crippen LogP contribution >= 0.6 is 11.6 Å². The van der Waals surface area contributed by atoms with Gasteiger partial charge in [-0.1, -0.05) is 66.2 Å². The molecule has 0 saturated carbocycles. The van der Waals surface area contributed by atoms with Gasteiger partial charge in [0.05, 0.1) is 47.6 Å². The van der Waals surface area contributed by atoms with Gasteiger partial charge >= 0.3 is 0 Å². The van der Waals surface area contributed by atoms with E-state index in [2.05, 4.69) is 15.5 Å². The van der Waals surface area contributed by atoms with Crippen LogP contribution in [0.25, 0.3) is 0 Å². The third-order valence-electron chi connectivity index (χ3n) is 5.55. The summed E-state index contributed by atoms with van der Waals surface area (Å²) in [6.45, 7) is 2.86. The van der Waals surface area contributed by atoms with Crippen molar-refractivity contribution in [2.24, 2.45) is 0 Å². The van der Waals surface area contributed by atoms with Crippen molar-refractivity contribution >= 4 is 34.8 Å². The molecular formula is C26H26ClN3O3. The number of para-hydroxylation sites is 2. The number of halogens is 1. The highest BCUT2D eigenvalue weighted by molar-refractivity contribution is 6.33. The molecule has 0 bridgehead atoms. The standard InChI is InChI=1S/C26H26ClN3O3/c27-21-11-5-4-10-20(21)26(32)29-23(19-8-2-1-3-9-19)18-25(31)28-22-12-6-7-13-24(22)30-14-16-33-17-15-30/h1-13,23H,14-18H2,(H,28,31)(H,29,32)/t23-/m0/s1. The first-order valence-corrected chi connectivity index (χ1v) is 11.3. The second-order valence-corrected chi connectivity index (χ2v) is 8.19. The molecule has 0 aliphatic carbocycles. The van der Waals surface area contributed by atoms with E-state index in [4.69, 9.17) is 16.3 Å². The molecule has 2 N–H and O–H groups in total. The Kier molecular flexibility index (Phi) is 7.60. The number of carbonyl (C=O) groups is 2. The number of hydrogen-bond donors (Lipinski definition) is 2. The van der Waals surface area contributed by atoms with Crippen LogP contribution in [0.1, 0.15) is 28.4 Å². The minimum Gasteiger partial charge on any atom is -0.378 e. The van der Waals surface area contributed by atoms with Crippen molar-refractivity contribution in [2.45, 2.75) is 12.5 Å². The summed E-state index contributed by atoms with van der Waals surface area (Å²) < 4.78 is 5.45. The topological polar surface area (TPSA) is 70.7 Å². The number of ether oxygens (including phenoxy) is 1. The molecule has 3 aromatic carbocycles. The van der Waals surface area contributed by atoms with E-state index in [-0.39, 0.29) is 18.2 Å². The van der Waals surface area contributed by atoms with Crippen LogP contribution in [0.5, 0.6) is 0 Å². The Morgan fingerprint density at radius 1 is 0.909 bits per heavy atom. The summed E-state index contributed by atoms with van der Waals surface area (Å²) >= 11 is 6.20. The summed E-state index contributed by atoms with van der Waals surface area (Å²) in [4.78, 5) is 28.2. The van der Waals surface area contributed by atoms with Gasteiger partial charge in [0, 0.05) is 13.1 Å². The van der Waals surface area contributed by atoms with Crippen LogP contribution in [0.2, 0.25) is 5.02 Å². The summed E-state index contributed by atoms with van der Waals surface area (Å²) in [5.41, 5.74) is 2.92. The molecule has 4 rings (SSSR count). The molecule has 0 spiro atoms. The SMILES string of the molecule is O=C(C[C@H](NC(=O)c1ccccc1Cl)c1ccccc1)Nc1ccccc1N1CCOCC1. The lowest BCUT2D eigenvalue weighted by Gasteiger charge is -2.30. The van der Waals surface area contributed by atoms with Crippen LogP contribution in [-0.4, -0.2) is 38.1 Å². The van der Waals surface area contributed by atoms with Crippen LogP contribution < -0.4 is 15.5 Å². The number of rotatable bonds is 7. The van der Waals surface area contributed by atoms with Crippen LogP contribution in [-0.2, 0) is 9.53 Å². The second kappa shape index (κ2) is 11.0. The van der Waals surface area contributed by atoms with Crippen LogP contribution in [0.4, 0.5) is 11.4 Å². The molecule has 170 valence electrons. The molecule has 1 aliphatic heterocycles. The minimum atomic E-state index is -0.509. The number of amides is 2.